The van der Waals surface area contributed by atoms with Gasteiger partial charge in [-0.05, 0) is 53.9 Å². The number of fused-ring (bicyclic) bond motifs is 2. The van der Waals surface area contributed by atoms with E-state index >= 15 is 0 Å². The van der Waals surface area contributed by atoms with E-state index in [0.29, 0.717) is 6.42 Å². The summed E-state index contributed by atoms with van der Waals surface area (Å²) in [6.07, 6.45) is 8.82. The second kappa shape index (κ2) is 8.66. The van der Waals surface area contributed by atoms with Crippen molar-refractivity contribution < 1.29 is 5.11 Å². The molecule has 1 aromatic carbocycles. The number of aromatic amines is 2. The molecule has 5 aromatic heterocycles. The molecule has 0 saturated heterocycles. The van der Waals surface area contributed by atoms with E-state index in [0.717, 1.165) is 61.3 Å². The molecule has 0 fully saturated rings. The second-order valence-electron chi connectivity index (χ2n) is 8.40. The maximum Gasteiger partial charge on any atom is 0.124 e. The normalized spacial score (nSPS) is 12.3. The maximum absolute atomic E-state index is 9.93. The number of H-pyrrole nitrogens is 2. The first-order valence-electron chi connectivity index (χ1n) is 11.5. The van der Waals surface area contributed by atoms with Crippen LogP contribution in [0, 0.1) is 0 Å². The summed E-state index contributed by atoms with van der Waals surface area (Å²) >= 11 is 0. The zero-order chi connectivity index (χ0) is 23.8. The van der Waals surface area contributed by atoms with Gasteiger partial charge in [0.05, 0.1) is 35.0 Å². The summed E-state index contributed by atoms with van der Waals surface area (Å²) in [5.41, 5.74) is 8.25. The van der Waals surface area contributed by atoms with Gasteiger partial charge in [-0.2, -0.15) is 5.10 Å². The van der Waals surface area contributed by atoms with Crippen molar-refractivity contribution in [3.63, 3.8) is 0 Å². The molecule has 8 heteroatoms. The van der Waals surface area contributed by atoms with Gasteiger partial charge in [0.25, 0.3) is 0 Å². The van der Waals surface area contributed by atoms with Crippen LogP contribution in [0.5, 0.6) is 0 Å². The van der Waals surface area contributed by atoms with E-state index in [1.54, 1.807) is 31.0 Å². The average molecular weight is 462 g/mol. The summed E-state index contributed by atoms with van der Waals surface area (Å²) in [6, 6.07) is 16.3. The predicted molar refractivity (Wildman–Crippen MR) is 138 cm³/mol. The first kappa shape index (κ1) is 21.0. The lowest BCUT2D eigenvalue weighted by Gasteiger charge is -2.12. The van der Waals surface area contributed by atoms with E-state index in [2.05, 4.69) is 53.6 Å². The Morgan fingerprint density at radius 2 is 1.80 bits per heavy atom. The number of pyridine rings is 3. The number of rotatable bonds is 6. The third-order valence-electron chi connectivity index (χ3n) is 6.11. The van der Waals surface area contributed by atoms with Gasteiger partial charge in [0.2, 0.25) is 0 Å². The summed E-state index contributed by atoms with van der Waals surface area (Å²) < 4.78 is 0. The van der Waals surface area contributed by atoms with Gasteiger partial charge in [0.1, 0.15) is 11.9 Å². The number of nitrogens with one attached hydrogen (secondary N) is 3. The van der Waals surface area contributed by atoms with Gasteiger partial charge in [-0.15, -0.1) is 0 Å². The van der Waals surface area contributed by atoms with Gasteiger partial charge in [-0.1, -0.05) is 19.1 Å². The molecular formula is C27H23N7O. The lowest BCUT2D eigenvalue weighted by molar-refractivity contribution is 0.199. The topological polar surface area (TPSA) is 115 Å². The Balaban J connectivity index is 1.43. The van der Waals surface area contributed by atoms with Gasteiger partial charge in [0, 0.05) is 40.4 Å². The highest BCUT2D eigenvalue weighted by atomic mass is 16.3. The van der Waals surface area contributed by atoms with Crippen LogP contribution in [0.4, 0.5) is 5.69 Å². The molecule has 35 heavy (non-hydrogen) atoms. The summed E-state index contributed by atoms with van der Waals surface area (Å²) in [7, 11) is 0. The lowest BCUT2D eigenvalue weighted by Crippen LogP contribution is -2.16. The van der Waals surface area contributed by atoms with E-state index in [9.17, 15) is 5.11 Å². The minimum absolute atomic E-state index is 0.597. The van der Waals surface area contributed by atoms with Crippen molar-refractivity contribution in [3.05, 3.63) is 79.5 Å². The number of anilines is 1. The van der Waals surface area contributed by atoms with Crippen LogP contribution in [-0.4, -0.2) is 41.5 Å². The van der Waals surface area contributed by atoms with Crippen molar-refractivity contribution in [1.82, 2.24) is 30.1 Å². The van der Waals surface area contributed by atoms with Crippen LogP contribution in [0.15, 0.2) is 79.5 Å². The molecule has 1 atom stereocenters. The van der Waals surface area contributed by atoms with Crippen molar-refractivity contribution in [2.75, 3.05) is 5.32 Å². The summed E-state index contributed by atoms with van der Waals surface area (Å²) in [5, 5.41) is 22.7. The highest BCUT2D eigenvalue weighted by Gasteiger charge is 2.15. The second-order valence-corrected chi connectivity index (χ2v) is 8.40. The lowest BCUT2D eigenvalue weighted by atomic mass is 10.0. The number of nitrogens with zero attached hydrogens (tertiary/aromatic N) is 4. The Kier molecular flexibility index (Phi) is 5.20. The van der Waals surface area contributed by atoms with Gasteiger partial charge >= 0.3 is 0 Å². The summed E-state index contributed by atoms with van der Waals surface area (Å²) in [4.78, 5) is 16.6. The predicted octanol–water partition coefficient (Wildman–Crippen LogP) is 5.37. The molecule has 5 heterocycles. The fourth-order valence-corrected chi connectivity index (χ4v) is 4.30. The van der Waals surface area contributed by atoms with Gasteiger partial charge in [-0.25, -0.2) is 0 Å². The van der Waals surface area contributed by atoms with Crippen LogP contribution in [0.2, 0.25) is 0 Å². The quantitative estimate of drug-likeness (QED) is 0.248. The highest BCUT2D eigenvalue weighted by Crippen LogP contribution is 2.34. The fourth-order valence-electron chi connectivity index (χ4n) is 4.30. The van der Waals surface area contributed by atoms with E-state index in [1.807, 2.05) is 37.3 Å². The zero-order valence-corrected chi connectivity index (χ0v) is 19.0. The molecule has 0 bridgehead atoms. The molecule has 8 nitrogen and oxygen atoms in total. The number of benzene rings is 1. The number of hydrogen-bond acceptors (Lipinski definition) is 6. The third-order valence-corrected chi connectivity index (χ3v) is 6.11. The molecule has 0 radical (unpaired) electrons. The summed E-state index contributed by atoms with van der Waals surface area (Å²) in [5.74, 6) is 0. The Bertz CT molecular complexity index is 1640. The largest absolute Gasteiger partial charge is 0.374 e. The van der Waals surface area contributed by atoms with Crippen LogP contribution < -0.4 is 5.32 Å². The molecule has 0 aliphatic heterocycles. The molecular weight excluding hydrogens is 438 g/mol. The molecule has 4 N–H and O–H groups in total. The van der Waals surface area contributed by atoms with Crippen LogP contribution in [0.25, 0.3) is 55.6 Å². The monoisotopic (exact) mass is 461 g/mol. The number of aromatic nitrogens is 6. The Hall–Kier alpha value is -4.56. The van der Waals surface area contributed by atoms with E-state index < -0.39 is 6.23 Å². The van der Waals surface area contributed by atoms with Crippen molar-refractivity contribution >= 4 is 27.5 Å². The minimum atomic E-state index is -0.623. The van der Waals surface area contributed by atoms with Crippen LogP contribution in [-0.2, 0) is 0 Å². The average Bonchev–Trinajstić information content (AvgIpc) is 3.53. The Labute approximate surface area is 201 Å². The molecule has 6 aromatic rings. The molecule has 0 aliphatic rings. The van der Waals surface area contributed by atoms with Gasteiger partial charge in [-0.3, -0.25) is 20.1 Å². The molecule has 0 spiro atoms. The fraction of sp³-hybridized carbons (Fsp3) is 0.111. The standard InChI is InChI=1S/C27H23N7O/c1-2-26(35)31-18-10-17(13-29-14-18)23-12-21-25(15-30-23)33-34-27(21)24-11-20-19(4-3-5-22(20)32-24)16-6-8-28-9-7-16/h3-15,26,31-32,35H,2H2,1H3,(H,33,34). The molecule has 0 aliphatic carbocycles. The summed E-state index contributed by atoms with van der Waals surface area (Å²) in [6.45, 7) is 1.91. The van der Waals surface area contributed by atoms with Crippen LogP contribution in [0.1, 0.15) is 13.3 Å². The maximum atomic E-state index is 9.93. The van der Waals surface area contributed by atoms with E-state index in [1.165, 1.54) is 0 Å². The van der Waals surface area contributed by atoms with Crippen molar-refractivity contribution in [1.29, 1.82) is 0 Å². The minimum Gasteiger partial charge on any atom is -0.374 e. The first-order chi connectivity index (χ1) is 17.2. The van der Waals surface area contributed by atoms with Crippen molar-refractivity contribution in [2.24, 2.45) is 0 Å². The van der Waals surface area contributed by atoms with Gasteiger partial charge < -0.3 is 15.4 Å². The third kappa shape index (κ3) is 3.89. The van der Waals surface area contributed by atoms with Crippen LogP contribution in [0.3, 0.4) is 0 Å². The van der Waals surface area contributed by atoms with Crippen molar-refractivity contribution in [2.45, 2.75) is 19.6 Å². The Morgan fingerprint density at radius 1 is 0.914 bits per heavy atom. The molecule has 0 saturated carbocycles. The number of aliphatic hydroxyl groups excluding tert-OH is 1. The SMILES string of the molecule is CCC(O)Nc1cncc(-c2cc3c(-c4cc5c(-c6ccncc6)cccc5[nH]4)n[nH]c3cn2)c1. The number of aliphatic hydroxyl groups is 1. The molecule has 0 amide bonds. The Morgan fingerprint density at radius 3 is 2.66 bits per heavy atom. The molecule has 172 valence electrons. The number of hydrogen-bond donors (Lipinski definition) is 4. The zero-order valence-electron chi connectivity index (χ0n) is 19.0. The first-order valence-corrected chi connectivity index (χ1v) is 11.5. The van der Waals surface area contributed by atoms with E-state index in [-0.39, 0.29) is 0 Å². The smallest absolute Gasteiger partial charge is 0.124 e. The van der Waals surface area contributed by atoms with E-state index in [4.69, 9.17) is 0 Å². The van der Waals surface area contributed by atoms with Gasteiger partial charge in [0.15, 0.2) is 0 Å². The molecule has 1 unspecified atom stereocenters. The van der Waals surface area contributed by atoms with Crippen LogP contribution >= 0.6 is 0 Å². The molecule has 6 rings (SSSR count). The highest BCUT2D eigenvalue weighted by molar-refractivity contribution is 6.01. The van der Waals surface area contributed by atoms with Crippen molar-refractivity contribution in [3.8, 4) is 33.8 Å².